The minimum Gasteiger partial charge on any atom is -0.399 e. The Hall–Kier alpha value is -2.69. The Bertz CT molecular complexity index is 754. The summed E-state index contributed by atoms with van der Waals surface area (Å²) < 4.78 is 1.88. The molecule has 0 aliphatic heterocycles. The number of rotatable bonds is 2. The van der Waals surface area contributed by atoms with E-state index in [2.05, 4.69) is 10.3 Å². The zero-order chi connectivity index (χ0) is 13.4. The number of benzene rings is 1. The monoisotopic (exact) mass is 254 g/mol. The highest BCUT2D eigenvalue weighted by Gasteiger charge is 2.10. The van der Waals surface area contributed by atoms with Gasteiger partial charge in [-0.2, -0.15) is 0 Å². The molecule has 0 spiro atoms. The van der Waals surface area contributed by atoms with Crippen LogP contribution in [0.5, 0.6) is 0 Å². The predicted molar refractivity (Wildman–Crippen MR) is 76.1 cm³/mol. The van der Waals surface area contributed by atoms with Crippen molar-refractivity contribution in [1.82, 2.24) is 9.55 Å². The minimum atomic E-state index is -0.166. The Morgan fingerprint density at radius 2 is 2.16 bits per heavy atom. The number of nitrogen functional groups attached to an aromatic ring is 1. The average Bonchev–Trinajstić information content (AvgIpc) is 2.95. The second kappa shape index (κ2) is 4.20. The maximum Gasteiger partial charge on any atom is 0.272 e. The molecule has 3 rings (SSSR count). The molecule has 0 fully saturated rings. The molecule has 0 aliphatic carbocycles. The van der Waals surface area contributed by atoms with E-state index < -0.39 is 0 Å². The van der Waals surface area contributed by atoms with Gasteiger partial charge in [-0.1, -0.05) is 6.07 Å². The zero-order valence-electron chi connectivity index (χ0n) is 10.5. The van der Waals surface area contributed by atoms with Crippen molar-refractivity contribution in [3.8, 4) is 0 Å². The fourth-order valence-corrected chi connectivity index (χ4v) is 2.04. The summed E-state index contributed by atoms with van der Waals surface area (Å²) in [6.45, 7) is 0. The summed E-state index contributed by atoms with van der Waals surface area (Å²) >= 11 is 0. The number of nitrogens with zero attached hydrogens (tertiary/aromatic N) is 1. The van der Waals surface area contributed by atoms with E-state index in [0.29, 0.717) is 11.4 Å². The third-order valence-electron chi connectivity index (χ3n) is 2.98. The molecule has 3 aromatic rings. The van der Waals surface area contributed by atoms with Crippen molar-refractivity contribution in [3.63, 3.8) is 0 Å². The minimum absolute atomic E-state index is 0.166. The standard InChI is InChI=1S/C14H14N4O/c1-18-5-4-11(8-18)16-14(19)13-6-9-2-3-10(15)7-12(9)17-13/h2-8,17H,15H2,1H3,(H,16,19). The number of aromatic nitrogens is 2. The van der Waals surface area contributed by atoms with E-state index in [0.717, 1.165) is 16.6 Å². The first-order chi connectivity index (χ1) is 9.11. The number of fused-ring (bicyclic) bond motifs is 1. The van der Waals surface area contributed by atoms with Crippen LogP contribution in [-0.2, 0) is 7.05 Å². The number of nitrogens with one attached hydrogen (secondary N) is 2. The van der Waals surface area contributed by atoms with Crippen LogP contribution >= 0.6 is 0 Å². The van der Waals surface area contributed by atoms with E-state index in [-0.39, 0.29) is 5.91 Å². The number of aromatic amines is 1. The average molecular weight is 254 g/mol. The van der Waals surface area contributed by atoms with Crippen molar-refractivity contribution in [2.75, 3.05) is 11.1 Å². The van der Waals surface area contributed by atoms with Crippen LogP contribution in [-0.4, -0.2) is 15.5 Å². The fraction of sp³-hybridized carbons (Fsp3) is 0.0714. The van der Waals surface area contributed by atoms with Gasteiger partial charge in [-0.3, -0.25) is 4.79 Å². The van der Waals surface area contributed by atoms with E-state index >= 15 is 0 Å². The van der Waals surface area contributed by atoms with Gasteiger partial charge >= 0.3 is 0 Å². The molecule has 5 nitrogen and oxygen atoms in total. The maximum atomic E-state index is 12.1. The molecule has 0 bridgehead atoms. The summed E-state index contributed by atoms with van der Waals surface area (Å²) in [4.78, 5) is 15.2. The van der Waals surface area contributed by atoms with Gasteiger partial charge in [-0.15, -0.1) is 0 Å². The molecule has 0 saturated heterocycles. The highest BCUT2D eigenvalue weighted by atomic mass is 16.1. The number of carbonyl (C=O) groups is 1. The van der Waals surface area contributed by atoms with E-state index in [1.807, 2.05) is 54.3 Å². The van der Waals surface area contributed by atoms with E-state index in [9.17, 15) is 4.79 Å². The van der Waals surface area contributed by atoms with Crippen LogP contribution in [0.4, 0.5) is 11.4 Å². The molecule has 1 amide bonds. The van der Waals surface area contributed by atoms with Crippen LogP contribution in [0.1, 0.15) is 10.5 Å². The van der Waals surface area contributed by atoms with Crippen LogP contribution in [0, 0.1) is 0 Å². The van der Waals surface area contributed by atoms with Crippen LogP contribution < -0.4 is 11.1 Å². The van der Waals surface area contributed by atoms with Crippen molar-refractivity contribution in [2.45, 2.75) is 0 Å². The molecule has 0 aliphatic rings. The van der Waals surface area contributed by atoms with Gasteiger partial charge in [0.2, 0.25) is 0 Å². The quantitative estimate of drug-likeness (QED) is 0.614. The molecule has 4 N–H and O–H groups in total. The number of nitrogens with two attached hydrogens (primary N) is 1. The molecule has 19 heavy (non-hydrogen) atoms. The van der Waals surface area contributed by atoms with Gasteiger partial charge in [-0.25, -0.2) is 0 Å². The van der Waals surface area contributed by atoms with Gasteiger partial charge in [0.1, 0.15) is 5.69 Å². The first-order valence-electron chi connectivity index (χ1n) is 5.93. The molecule has 0 atom stereocenters. The Morgan fingerprint density at radius 3 is 2.89 bits per heavy atom. The number of anilines is 2. The molecule has 2 heterocycles. The molecule has 0 radical (unpaired) electrons. The van der Waals surface area contributed by atoms with Crippen LogP contribution in [0.25, 0.3) is 10.9 Å². The Labute approximate surface area is 110 Å². The van der Waals surface area contributed by atoms with Crippen molar-refractivity contribution < 1.29 is 4.79 Å². The third kappa shape index (κ3) is 2.18. The van der Waals surface area contributed by atoms with Crippen LogP contribution in [0.3, 0.4) is 0 Å². The normalized spacial score (nSPS) is 10.8. The Balaban J connectivity index is 1.89. The lowest BCUT2D eigenvalue weighted by Crippen LogP contribution is -2.11. The number of carbonyl (C=O) groups excluding carboxylic acids is 1. The predicted octanol–water partition coefficient (Wildman–Crippen LogP) is 2.34. The van der Waals surface area contributed by atoms with E-state index in [1.165, 1.54) is 0 Å². The largest absolute Gasteiger partial charge is 0.399 e. The third-order valence-corrected chi connectivity index (χ3v) is 2.98. The second-order valence-corrected chi connectivity index (χ2v) is 4.55. The Kier molecular flexibility index (Phi) is 2.52. The van der Waals surface area contributed by atoms with Gasteiger partial charge in [-0.05, 0) is 24.3 Å². The summed E-state index contributed by atoms with van der Waals surface area (Å²) in [6, 6.07) is 9.18. The van der Waals surface area contributed by atoms with Gasteiger partial charge in [0, 0.05) is 36.0 Å². The van der Waals surface area contributed by atoms with Crippen LogP contribution in [0.2, 0.25) is 0 Å². The topological polar surface area (TPSA) is 75.8 Å². The molecule has 1 aromatic carbocycles. The number of amides is 1. The molecule has 5 heteroatoms. The smallest absolute Gasteiger partial charge is 0.272 e. The van der Waals surface area contributed by atoms with Crippen LogP contribution in [0.15, 0.2) is 42.7 Å². The lowest BCUT2D eigenvalue weighted by atomic mass is 10.2. The summed E-state index contributed by atoms with van der Waals surface area (Å²) in [5, 5.41) is 3.80. The summed E-state index contributed by atoms with van der Waals surface area (Å²) in [6.07, 6.45) is 3.72. The van der Waals surface area contributed by atoms with E-state index in [4.69, 9.17) is 5.73 Å². The van der Waals surface area contributed by atoms with Gasteiger partial charge < -0.3 is 20.6 Å². The highest BCUT2D eigenvalue weighted by Crippen LogP contribution is 2.19. The van der Waals surface area contributed by atoms with Gasteiger partial charge in [0.05, 0.1) is 5.69 Å². The number of H-pyrrole nitrogens is 1. The zero-order valence-corrected chi connectivity index (χ0v) is 10.5. The molecule has 0 saturated carbocycles. The summed E-state index contributed by atoms with van der Waals surface area (Å²) in [5.74, 6) is -0.166. The van der Waals surface area contributed by atoms with Crippen molar-refractivity contribution in [3.05, 3.63) is 48.4 Å². The van der Waals surface area contributed by atoms with E-state index in [1.54, 1.807) is 0 Å². The lowest BCUT2D eigenvalue weighted by molar-refractivity contribution is 0.102. The molecular weight excluding hydrogens is 240 g/mol. The second-order valence-electron chi connectivity index (χ2n) is 4.55. The Morgan fingerprint density at radius 1 is 1.32 bits per heavy atom. The molecule has 2 aromatic heterocycles. The molecule has 96 valence electrons. The summed E-state index contributed by atoms with van der Waals surface area (Å²) in [5.41, 5.74) is 8.53. The summed E-state index contributed by atoms with van der Waals surface area (Å²) in [7, 11) is 1.90. The van der Waals surface area contributed by atoms with Crippen molar-refractivity contribution in [2.24, 2.45) is 7.05 Å². The highest BCUT2D eigenvalue weighted by molar-refractivity contribution is 6.06. The molecule has 0 unspecified atom stereocenters. The van der Waals surface area contributed by atoms with Crippen molar-refractivity contribution >= 4 is 28.2 Å². The number of hydrogen-bond donors (Lipinski definition) is 3. The maximum absolute atomic E-state index is 12.1. The fourth-order valence-electron chi connectivity index (χ4n) is 2.04. The molecular formula is C14H14N4O. The number of aryl methyl sites for hydroxylation is 1. The van der Waals surface area contributed by atoms with Gasteiger partial charge in [0.15, 0.2) is 0 Å². The SMILES string of the molecule is Cn1ccc(NC(=O)c2cc3ccc(N)cc3[nH]2)c1. The first-order valence-corrected chi connectivity index (χ1v) is 5.93. The first kappa shape index (κ1) is 11.4. The van der Waals surface area contributed by atoms with Gasteiger partial charge in [0.25, 0.3) is 5.91 Å². The number of hydrogen-bond acceptors (Lipinski definition) is 2. The van der Waals surface area contributed by atoms with Crippen molar-refractivity contribution in [1.29, 1.82) is 0 Å². The lowest BCUT2D eigenvalue weighted by Gasteiger charge is -1.99.